The van der Waals surface area contributed by atoms with Crippen LogP contribution in [0, 0.1) is 0 Å². The maximum Gasteiger partial charge on any atom is 0.276 e. The predicted octanol–water partition coefficient (Wildman–Crippen LogP) is -0.0667. The molecule has 1 aromatic rings. The van der Waals surface area contributed by atoms with E-state index in [0.29, 0.717) is 5.69 Å². The molecular weight excluding hydrogens is 234 g/mol. The second-order valence-corrected chi connectivity index (χ2v) is 4.39. The van der Waals surface area contributed by atoms with E-state index in [0.717, 1.165) is 5.69 Å². The number of likely N-dealkylation sites (N-methyl/N-ethyl adjacent to an activating group) is 2. The third-order valence-corrected chi connectivity index (χ3v) is 2.62. The van der Waals surface area contributed by atoms with Crippen molar-refractivity contribution in [1.82, 2.24) is 20.4 Å². The molecule has 0 saturated heterocycles. The number of rotatable bonds is 4. The average Bonchev–Trinajstić information content (AvgIpc) is 2.69. The summed E-state index contributed by atoms with van der Waals surface area (Å²) in [6, 6.07) is 0. The molecule has 1 heterocycles. The van der Waals surface area contributed by atoms with Crippen LogP contribution in [0.15, 0.2) is 0 Å². The Hall–Kier alpha value is -2.05. The van der Waals surface area contributed by atoms with Gasteiger partial charge < -0.3 is 16.0 Å². The molecule has 18 heavy (non-hydrogen) atoms. The summed E-state index contributed by atoms with van der Waals surface area (Å²) in [6.45, 7) is 3.87. The fourth-order valence-electron chi connectivity index (χ4n) is 1.51. The van der Waals surface area contributed by atoms with Crippen molar-refractivity contribution in [3.05, 3.63) is 11.4 Å². The first kappa shape index (κ1) is 14.0. The molecule has 0 atom stereocenters. The third kappa shape index (κ3) is 2.79. The maximum absolute atomic E-state index is 12.0. The van der Waals surface area contributed by atoms with E-state index in [9.17, 15) is 9.59 Å². The van der Waals surface area contributed by atoms with Crippen molar-refractivity contribution >= 4 is 17.5 Å². The number of hydrogen-bond donors (Lipinski definition) is 3. The molecule has 1 rings (SSSR count). The first-order valence-corrected chi connectivity index (χ1v) is 5.68. The van der Waals surface area contributed by atoms with Crippen LogP contribution in [0.2, 0.25) is 0 Å². The fraction of sp³-hybridized carbons (Fsp3) is 0.545. The number of aromatic nitrogens is 2. The molecule has 7 nitrogen and oxygen atoms in total. The zero-order valence-corrected chi connectivity index (χ0v) is 11.1. The van der Waals surface area contributed by atoms with Gasteiger partial charge >= 0.3 is 0 Å². The maximum atomic E-state index is 12.0. The molecule has 0 unspecified atom stereocenters. The number of carbonyl (C=O) groups excluding carboxylic acids is 2. The molecule has 1 aromatic heterocycles. The summed E-state index contributed by atoms with van der Waals surface area (Å²) in [4.78, 5) is 24.5. The van der Waals surface area contributed by atoms with Gasteiger partial charge in [0.15, 0.2) is 5.69 Å². The van der Waals surface area contributed by atoms with E-state index >= 15 is 0 Å². The Morgan fingerprint density at radius 3 is 2.56 bits per heavy atom. The van der Waals surface area contributed by atoms with Gasteiger partial charge in [0, 0.05) is 14.1 Å². The molecule has 100 valence electrons. The molecule has 0 aliphatic rings. The second-order valence-electron chi connectivity index (χ2n) is 4.39. The second kappa shape index (κ2) is 5.52. The molecule has 0 radical (unpaired) electrons. The summed E-state index contributed by atoms with van der Waals surface area (Å²) in [7, 11) is 3.04. The normalized spacial score (nSPS) is 10.5. The van der Waals surface area contributed by atoms with Gasteiger partial charge in [-0.3, -0.25) is 14.7 Å². The molecule has 0 spiro atoms. The standard InChI is InChI=1S/C11H19N5O2/c1-6(2)9-8(12)10(15-14-9)11(18)16(4)5-7(17)13-3/h6H,5,12H2,1-4H3,(H,13,17)(H,14,15). The van der Waals surface area contributed by atoms with Gasteiger partial charge in [-0.05, 0) is 5.92 Å². The quantitative estimate of drug-likeness (QED) is 0.698. The van der Waals surface area contributed by atoms with Crippen LogP contribution < -0.4 is 11.1 Å². The van der Waals surface area contributed by atoms with Gasteiger partial charge in [-0.25, -0.2) is 0 Å². The van der Waals surface area contributed by atoms with Crippen molar-refractivity contribution in [3.63, 3.8) is 0 Å². The Kier molecular flexibility index (Phi) is 4.30. The molecule has 2 amide bonds. The van der Waals surface area contributed by atoms with Crippen LogP contribution in [0.4, 0.5) is 5.69 Å². The Morgan fingerprint density at radius 1 is 1.50 bits per heavy atom. The molecule has 4 N–H and O–H groups in total. The molecule has 0 aliphatic carbocycles. The van der Waals surface area contributed by atoms with Gasteiger partial charge in [-0.1, -0.05) is 13.8 Å². The molecule has 0 bridgehead atoms. The number of nitrogens with zero attached hydrogens (tertiary/aromatic N) is 2. The molecule has 0 aromatic carbocycles. The van der Waals surface area contributed by atoms with Crippen molar-refractivity contribution in [3.8, 4) is 0 Å². The Morgan fingerprint density at radius 2 is 2.11 bits per heavy atom. The van der Waals surface area contributed by atoms with E-state index in [2.05, 4.69) is 15.5 Å². The highest BCUT2D eigenvalue weighted by Gasteiger charge is 2.22. The molecule has 7 heteroatoms. The Balaban J connectivity index is 2.87. The Labute approximate surface area is 106 Å². The molecule has 0 saturated carbocycles. The third-order valence-electron chi connectivity index (χ3n) is 2.62. The minimum absolute atomic E-state index is 0.0291. The van der Waals surface area contributed by atoms with E-state index in [1.54, 1.807) is 0 Å². The lowest BCUT2D eigenvalue weighted by Crippen LogP contribution is -2.37. The van der Waals surface area contributed by atoms with Gasteiger partial charge in [0.2, 0.25) is 5.91 Å². The number of nitrogens with one attached hydrogen (secondary N) is 2. The average molecular weight is 253 g/mol. The number of nitrogen functional groups attached to an aromatic ring is 1. The summed E-state index contributed by atoms with van der Waals surface area (Å²) in [5.41, 5.74) is 7.10. The SMILES string of the molecule is CNC(=O)CN(C)C(=O)c1n[nH]c(C(C)C)c1N. The Bertz CT molecular complexity index is 452. The van der Waals surface area contributed by atoms with Crippen molar-refractivity contribution in [1.29, 1.82) is 0 Å². The summed E-state index contributed by atoms with van der Waals surface area (Å²) in [5, 5.41) is 9.12. The van der Waals surface area contributed by atoms with Crippen molar-refractivity contribution in [2.24, 2.45) is 0 Å². The van der Waals surface area contributed by atoms with Crippen LogP contribution in [0.5, 0.6) is 0 Å². The van der Waals surface area contributed by atoms with E-state index < -0.39 is 0 Å². The van der Waals surface area contributed by atoms with E-state index in [-0.39, 0.29) is 30.0 Å². The van der Waals surface area contributed by atoms with Crippen LogP contribution in [0.3, 0.4) is 0 Å². The van der Waals surface area contributed by atoms with Crippen molar-refractivity contribution in [2.45, 2.75) is 19.8 Å². The van der Waals surface area contributed by atoms with Gasteiger partial charge in [-0.15, -0.1) is 0 Å². The van der Waals surface area contributed by atoms with Crippen LogP contribution >= 0.6 is 0 Å². The number of aromatic amines is 1. The summed E-state index contributed by atoms with van der Waals surface area (Å²) >= 11 is 0. The highest BCUT2D eigenvalue weighted by atomic mass is 16.2. The zero-order valence-electron chi connectivity index (χ0n) is 11.1. The molecule has 0 aliphatic heterocycles. The summed E-state index contributed by atoms with van der Waals surface area (Å²) < 4.78 is 0. The molecular formula is C11H19N5O2. The number of amides is 2. The monoisotopic (exact) mass is 253 g/mol. The van der Waals surface area contributed by atoms with Crippen molar-refractivity contribution < 1.29 is 9.59 Å². The van der Waals surface area contributed by atoms with Crippen LogP contribution in [-0.2, 0) is 4.79 Å². The summed E-state index contributed by atoms with van der Waals surface area (Å²) in [6.07, 6.45) is 0. The number of anilines is 1. The topological polar surface area (TPSA) is 104 Å². The lowest BCUT2D eigenvalue weighted by atomic mass is 10.1. The number of hydrogen-bond acceptors (Lipinski definition) is 4. The number of carbonyl (C=O) groups is 2. The van der Waals surface area contributed by atoms with E-state index in [4.69, 9.17) is 5.73 Å². The summed E-state index contributed by atoms with van der Waals surface area (Å²) in [5.74, 6) is -0.466. The predicted molar refractivity (Wildman–Crippen MR) is 68.1 cm³/mol. The van der Waals surface area contributed by atoms with Gasteiger partial charge in [0.25, 0.3) is 5.91 Å². The first-order chi connectivity index (χ1) is 8.38. The highest BCUT2D eigenvalue weighted by molar-refractivity contribution is 5.99. The highest BCUT2D eigenvalue weighted by Crippen LogP contribution is 2.22. The van der Waals surface area contributed by atoms with Gasteiger partial charge in [0.05, 0.1) is 17.9 Å². The van der Waals surface area contributed by atoms with Crippen LogP contribution in [0.25, 0.3) is 0 Å². The number of H-pyrrole nitrogens is 1. The van der Waals surface area contributed by atoms with E-state index in [1.165, 1.54) is 19.0 Å². The fourth-order valence-corrected chi connectivity index (χ4v) is 1.51. The van der Waals surface area contributed by atoms with E-state index in [1.807, 2.05) is 13.8 Å². The van der Waals surface area contributed by atoms with Gasteiger partial charge in [-0.2, -0.15) is 5.10 Å². The van der Waals surface area contributed by atoms with Crippen LogP contribution in [-0.4, -0.2) is 47.6 Å². The van der Waals surface area contributed by atoms with Gasteiger partial charge in [0.1, 0.15) is 0 Å². The zero-order chi connectivity index (χ0) is 13.9. The largest absolute Gasteiger partial charge is 0.395 e. The lowest BCUT2D eigenvalue weighted by molar-refractivity contribution is -0.121. The minimum Gasteiger partial charge on any atom is -0.395 e. The minimum atomic E-state index is -0.376. The lowest BCUT2D eigenvalue weighted by Gasteiger charge is -2.15. The van der Waals surface area contributed by atoms with Crippen molar-refractivity contribution in [2.75, 3.05) is 26.4 Å². The smallest absolute Gasteiger partial charge is 0.276 e. The molecule has 0 fully saturated rings. The first-order valence-electron chi connectivity index (χ1n) is 5.68. The number of nitrogens with two attached hydrogens (primary N) is 1. The van der Waals surface area contributed by atoms with Crippen LogP contribution in [0.1, 0.15) is 35.9 Å².